The van der Waals surface area contributed by atoms with Gasteiger partial charge in [0.1, 0.15) is 4.21 Å². The highest BCUT2D eigenvalue weighted by molar-refractivity contribution is 7.94. The summed E-state index contributed by atoms with van der Waals surface area (Å²) in [6.07, 6.45) is 0. The van der Waals surface area contributed by atoms with Crippen LogP contribution in [0.4, 0.5) is 5.69 Å². The Morgan fingerprint density at radius 2 is 1.76 bits per heavy atom. The second-order valence-corrected chi connectivity index (χ2v) is 8.64. The monoisotopic (exact) mass is 375 g/mol. The molecule has 0 unspecified atom stereocenters. The first kappa shape index (κ1) is 17.4. The molecule has 25 heavy (non-hydrogen) atoms. The van der Waals surface area contributed by atoms with Crippen molar-refractivity contribution in [2.75, 3.05) is 4.72 Å². The fourth-order valence-corrected chi connectivity index (χ4v) is 4.70. The molecule has 2 aromatic heterocycles. The van der Waals surface area contributed by atoms with Crippen LogP contribution in [0.2, 0.25) is 0 Å². The average Bonchev–Trinajstić information content (AvgIpc) is 2.99. The van der Waals surface area contributed by atoms with E-state index in [9.17, 15) is 13.2 Å². The highest BCUT2D eigenvalue weighted by atomic mass is 32.2. The van der Waals surface area contributed by atoms with Gasteiger partial charge in [0.15, 0.2) is 0 Å². The summed E-state index contributed by atoms with van der Waals surface area (Å²) in [6.45, 7) is 3.83. The summed E-state index contributed by atoms with van der Waals surface area (Å²) >= 11 is 1.11. The first-order chi connectivity index (χ1) is 11.7. The minimum absolute atomic E-state index is 0.192. The van der Waals surface area contributed by atoms with Gasteiger partial charge in [-0.1, -0.05) is 6.07 Å². The maximum atomic E-state index is 12.6. The van der Waals surface area contributed by atoms with Gasteiger partial charge in [0.05, 0.1) is 5.69 Å². The summed E-state index contributed by atoms with van der Waals surface area (Å²) < 4.78 is 29.2. The molecule has 0 saturated carbocycles. The Labute approximate surface area is 149 Å². The molecule has 0 fully saturated rings. The van der Waals surface area contributed by atoms with Crippen LogP contribution in [0.1, 0.15) is 11.1 Å². The normalized spacial score (nSPS) is 11.5. The Morgan fingerprint density at radius 1 is 1.08 bits per heavy atom. The second-order valence-electron chi connectivity index (χ2n) is 5.82. The second kappa shape index (κ2) is 6.45. The number of nitrogens with zero attached hydrogens (tertiary/aromatic N) is 2. The number of aromatic nitrogens is 2. The van der Waals surface area contributed by atoms with Gasteiger partial charge in [0.2, 0.25) is 0 Å². The number of anilines is 1. The van der Waals surface area contributed by atoms with Crippen LogP contribution in [0, 0.1) is 13.8 Å². The van der Waals surface area contributed by atoms with Crippen LogP contribution in [0.25, 0.3) is 11.3 Å². The molecule has 0 radical (unpaired) electrons. The van der Waals surface area contributed by atoms with Crippen molar-refractivity contribution in [3.05, 3.63) is 63.3 Å². The van der Waals surface area contributed by atoms with Gasteiger partial charge in [0.25, 0.3) is 15.6 Å². The average molecular weight is 375 g/mol. The van der Waals surface area contributed by atoms with Gasteiger partial charge in [-0.3, -0.25) is 9.52 Å². The standard InChI is InChI=1S/C17H17N3O3S2/c1-11-6-12(2)8-14(7-11)19-25(22,23)17-9-13(10-24-17)15-4-5-16(21)20(3)18-15/h4-10,19H,1-3H3. The number of hydrogen-bond donors (Lipinski definition) is 1. The predicted octanol–water partition coefficient (Wildman–Crippen LogP) is 2.93. The van der Waals surface area contributed by atoms with Gasteiger partial charge in [-0.2, -0.15) is 5.10 Å². The van der Waals surface area contributed by atoms with E-state index in [1.165, 1.54) is 10.7 Å². The third-order valence-corrected chi connectivity index (χ3v) is 6.39. The molecule has 1 aromatic carbocycles. The van der Waals surface area contributed by atoms with Crippen molar-refractivity contribution in [1.29, 1.82) is 0 Å². The van der Waals surface area contributed by atoms with E-state index in [-0.39, 0.29) is 9.77 Å². The zero-order chi connectivity index (χ0) is 18.2. The maximum absolute atomic E-state index is 12.6. The van der Waals surface area contributed by atoms with E-state index >= 15 is 0 Å². The van der Waals surface area contributed by atoms with Gasteiger partial charge in [-0.05, 0) is 49.2 Å². The lowest BCUT2D eigenvalue weighted by atomic mass is 10.1. The van der Waals surface area contributed by atoms with Crippen molar-refractivity contribution in [3.8, 4) is 11.3 Å². The number of sulfonamides is 1. The number of thiophene rings is 1. The Hall–Kier alpha value is -2.45. The summed E-state index contributed by atoms with van der Waals surface area (Å²) in [7, 11) is -2.13. The highest BCUT2D eigenvalue weighted by Crippen LogP contribution is 2.28. The smallest absolute Gasteiger partial charge is 0.271 e. The summed E-state index contributed by atoms with van der Waals surface area (Å²) in [5.74, 6) is 0. The van der Waals surface area contributed by atoms with Crippen LogP contribution >= 0.6 is 11.3 Å². The number of rotatable bonds is 4. The van der Waals surface area contributed by atoms with Crippen molar-refractivity contribution < 1.29 is 8.42 Å². The molecular weight excluding hydrogens is 358 g/mol. The van der Waals surface area contributed by atoms with Crippen LogP contribution in [0.3, 0.4) is 0 Å². The molecule has 0 aliphatic carbocycles. The van der Waals surface area contributed by atoms with Gasteiger partial charge in [0, 0.05) is 29.7 Å². The van der Waals surface area contributed by atoms with Crippen molar-refractivity contribution >= 4 is 27.0 Å². The lowest BCUT2D eigenvalue weighted by Crippen LogP contribution is -2.18. The molecule has 0 aliphatic heterocycles. The minimum atomic E-state index is -3.68. The molecule has 0 aliphatic rings. The van der Waals surface area contributed by atoms with Crippen LogP contribution in [-0.2, 0) is 17.1 Å². The lowest BCUT2D eigenvalue weighted by molar-refractivity contribution is 0.603. The van der Waals surface area contributed by atoms with E-state index in [2.05, 4.69) is 9.82 Å². The molecule has 6 nitrogen and oxygen atoms in total. The largest absolute Gasteiger partial charge is 0.279 e. The van der Waals surface area contributed by atoms with Crippen molar-refractivity contribution in [2.45, 2.75) is 18.1 Å². The quantitative estimate of drug-likeness (QED) is 0.760. The third-order valence-electron chi connectivity index (χ3n) is 3.57. The van der Waals surface area contributed by atoms with Crippen molar-refractivity contribution in [1.82, 2.24) is 9.78 Å². The molecule has 0 bridgehead atoms. The molecule has 0 saturated heterocycles. The Bertz CT molecular complexity index is 1080. The summed E-state index contributed by atoms with van der Waals surface area (Å²) in [4.78, 5) is 11.4. The predicted molar refractivity (Wildman–Crippen MR) is 99.5 cm³/mol. The van der Waals surface area contributed by atoms with Crippen molar-refractivity contribution in [2.24, 2.45) is 7.05 Å². The zero-order valence-corrected chi connectivity index (χ0v) is 15.6. The molecule has 2 heterocycles. The van der Waals surface area contributed by atoms with Crippen molar-refractivity contribution in [3.63, 3.8) is 0 Å². The van der Waals surface area contributed by atoms with E-state index in [4.69, 9.17) is 0 Å². The molecule has 0 spiro atoms. The van der Waals surface area contributed by atoms with E-state index in [1.54, 1.807) is 36.7 Å². The molecule has 0 atom stereocenters. The van der Waals surface area contributed by atoms with Crippen LogP contribution in [-0.4, -0.2) is 18.2 Å². The molecule has 3 aromatic rings. The number of nitrogens with one attached hydrogen (secondary N) is 1. The van der Waals surface area contributed by atoms with Gasteiger partial charge >= 0.3 is 0 Å². The first-order valence-electron chi connectivity index (χ1n) is 7.49. The SMILES string of the molecule is Cc1cc(C)cc(NS(=O)(=O)c2cc(-c3ccc(=O)n(C)n3)cs2)c1. The summed E-state index contributed by atoms with van der Waals surface area (Å²) in [6, 6.07) is 10.1. The van der Waals surface area contributed by atoms with E-state index in [0.29, 0.717) is 16.9 Å². The molecule has 1 N–H and O–H groups in total. The van der Waals surface area contributed by atoms with Crippen LogP contribution in [0.5, 0.6) is 0 Å². The zero-order valence-electron chi connectivity index (χ0n) is 14.0. The fourth-order valence-electron chi connectivity index (χ4n) is 2.49. The Morgan fingerprint density at radius 3 is 2.40 bits per heavy atom. The number of hydrogen-bond acceptors (Lipinski definition) is 5. The van der Waals surface area contributed by atoms with Crippen LogP contribution in [0.15, 0.2) is 50.8 Å². The van der Waals surface area contributed by atoms with Gasteiger partial charge in [-0.25, -0.2) is 13.1 Å². The van der Waals surface area contributed by atoms with Gasteiger partial charge < -0.3 is 0 Å². The Kier molecular flexibility index (Phi) is 4.49. The molecule has 8 heteroatoms. The van der Waals surface area contributed by atoms with E-state index in [1.807, 2.05) is 19.9 Å². The maximum Gasteiger partial charge on any atom is 0.271 e. The molecule has 3 rings (SSSR count). The first-order valence-corrected chi connectivity index (χ1v) is 9.85. The molecule has 130 valence electrons. The Balaban J connectivity index is 1.92. The molecular formula is C17H17N3O3S2. The summed E-state index contributed by atoms with van der Waals surface area (Å²) in [5.41, 5.74) is 3.49. The molecule has 0 amide bonds. The summed E-state index contributed by atoms with van der Waals surface area (Å²) in [5, 5.41) is 5.85. The third kappa shape index (κ3) is 3.80. The van der Waals surface area contributed by atoms with E-state index < -0.39 is 10.0 Å². The number of aryl methyl sites for hydroxylation is 3. The van der Waals surface area contributed by atoms with E-state index in [0.717, 1.165) is 22.5 Å². The fraction of sp³-hybridized carbons (Fsp3) is 0.176. The lowest BCUT2D eigenvalue weighted by Gasteiger charge is -2.08. The minimum Gasteiger partial charge on any atom is -0.279 e. The van der Waals surface area contributed by atoms with Gasteiger partial charge in [-0.15, -0.1) is 11.3 Å². The highest BCUT2D eigenvalue weighted by Gasteiger charge is 2.18. The topological polar surface area (TPSA) is 81.1 Å². The number of benzene rings is 1. The van der Waals surface area contributed by atoms with Crippen LogP contribution < -0.4 is 10.3 Å².